The van der Waals surface area contributed by atoms with Gasteiger partial charge >= 0.3 is 0 Å². The second kappa shape index (κ2) is 6.85. The Balaban J connectivity index is 0.00000169. The van der Waals surface area contributed by atoms with Gasteiger partial charge in [0.15, 0.2) is 0 Å². The van der Waals surface area contributed by atoms with Gasteiger partial charge in [0, 0.05) is 19.8 Å². The van der Waals surface area contributed by atoms with E-state index in [9.17, 15) is 0 Å². The summed E-state index contributed by atoms with van der Waals surface area (Å²) in [6.45, 7) is 6.49. The number of nitrogens with zero attached hydrogens (tertiary/aromatic N) is 2. The van der Waals surface area contributed by atoms with E-state index in [4.69, 9.17) is 0 Å². The molecule has 0 radical (unpaired) electrons. The molecule has 82 valence electrons. The van der Waals surface area contributed by atoms with Crippen LogP contribution in [0.4, 0.5) is 0 Å². The Bertz CT molecular complexity index is 245. The summed E-state index contributed by atoms with van der Waals surface area (Å²) in [5.41, 5.74) is 1.24. The molecule has 3 nitrogen and oxygen atoms in total. The van der Waals surface area contributed by atoms with Crippen LogP contribution in [0.2, 0.25) is 0 Å². The average molecular weight is 218 g/mol. The van der Waals surface area contributed by atoms with Gasteiger partial charge in [-0.25, -0.2) is 0 Å². The maximum Gasteiger partial charge on any atom is 0.0518 e. The van der Waals surface area contributed by atoms with E-state index in [2.05, 4.69) is 24.3 Å². The molecule has 4 heteroatoms. The predicted octanol–water partition coefficient (Wildman–Crippen LogP) is 1.98. The lowest BCUT2D eigenvalue weighted by molar-refractivity contribution is 0.527. The largest absolute Gasteiger partial charge is 0.311 e. The number of nitrogens with one attached hydrogen (secondary N) is 1. The van der Waals surface area contributed by atoms with Crippen LogP contribution < -0.4 is 5.32 Å². The fraction of sp³-hybridized carbons (Fsp3) is 0.700. The summed E-state index contributed by atoms with van der Waals surface area (Å²) in [4.78, 5) is 0. The molecule has 1 aromatic heterocycles. The van der Waals surface area contributed by atoms with Gasteiger partial charge in [-0.2, -0.15) is 5.10 Å². The fourth-order valence-corrected chi connectivity index (χ4v) is 1.18. The van der Waals surface area contributed by atoms with Gasteiger partial charge in [-0.1, -0.05) is 13.8 Å². The number of hydrogen-bond acceptors (Lipinski definition) is 2. The van der Waals surface area contributed by atoms with E-state index in [-0.39, 0.29) is 12.4 Å². The van der Waals surface area contributed by atoms with Crippen LogP contribution in [0.1, 0.15) is 26.0 Å². The summed E-state index contributed by atoms with van der Waals surface area (Å²) in [5.74, 6) is 0.777. The van der Waals surface area contributed by atoms with E-state index in [0.29, 0.717) is 0 Å². The highest BCUT2D eigenvalue weighted by Crippen LogP contribution is 1.98. The Kier molecular flexibility index (Phi) is 6.58. The summed E-state index contributed by atoms with van der Waals surface area (Å²) in [5, 5.41) is 7.51. The highest BCUT2D eigenvalue weighted by Gasteiger charge is 1.97. The first kappa shape index (κ1) is 13.5. The van der Waals surface area contributed by atoms with Gasteiger partial charge in [0.05, 0.1) is 5.69 Å². The molecule has 0 saturated carbocycles. The van der Waals surface area contributed by atoms with Crippen LogP contribution >= 0.6 is 12.4 Å². The second-order valence-electron chi connectivity index (χ2n) is 3.81. The lowest BCUT2D eigenvalue weighted by Gasteiger charge is -2.06. The smallest absolute Gasteiger partial charge is 0.0518 e. The molecule has 1 rings (SSSR count). The van der Waals surface area contributed by atoms with Crippen molar-refractivity contribution in [3.05, 3.63) is 18.0 Å². The molecule has 1 aromatic rings. The molecular formula is C10H20ClN3. The standard InChI is InChI=1S/C10H19N3.ClH/c1-9(2)4-6-11-8-10-5-7-12-13(10)3;/h5,7,9,11H,4,6,8H2,1-3H3;1H. The van der Waals surface area contributed by atoms with E-state index in [0.717, 1.165) is 19.0 Å². The second-order valence-corrected chi connectivity index (χ2v) is 3.81. The Labute approximate surface area is 92.3 Å². The zero-order valence-corrected chi connectivity index (χ0v) is 9.97. The van der Waals surface area contributed by atoms with E-state index >= 15 is 0 Å². The molecule has 1 N–H and O–H groups in total. The maximum absolute atomic E-state index is 4.11. The number of aromatic nitrogens is 2. The van der Waals surface area contributed by atoms with Crippen LogP contribution in [0.3, 0.4) is 0 Å². The monoisotopic (exact) mass is 217 g/mol. The van der Waals surface area contributed by atoms with Crippen molar-refractivity contribution in [3.8, 4) is 0 Å². The number of aryl methyl sites for hydroxylation is 1. The summed E-state index contributed by atoms with van der Waals surface area (Å²) in [6.07, 6.45) is 3.07. The highest BCUT2D eigenvalue weighted by atomic mass is 35.5. The van der Waals surface area contributed by atoms with Gasteiger partial charge in [0.25, 0.3) is 0 Å². The predicted molar refractivity (Wildman–Crippen MR) is 61.6 cm³/mol. The van der Waals surface area contributed by atoms with Gasteiger partial charge in [-0.15, -0.1) is 12.4 Å². The SMILES string of the molecule is CC(C)CCNCc1ccnn1C.Cl. The molecule has 0 amide bonds. The minimum absolute atomic E-state index is 0. The normalized spacial score (nSPS) is 10.3. The van der Waals surface area contributed by atoms with Crippen LogP contribution in [0, 0.1) is 5.92 Å². The highest BCUT2D eigenvalue weighted by molar-refractivity contribution is 5.85. The average Bonchev–Trinajstić information content (AvgIpc) is 2.45. The first-order valence-electron chi connectivity index (χ1n) is 4.87. The zero-order valence-electron chi connectivity index (χ0n) is 9.16. The van der Waals surface area contributed by atoms with Crippen molar-refractivity contribution in [3.63, 3.8) is 0 Å². The lowest BCUT2D eigenvalue weighted by Crippen LogP contribution is -2.18. The number of halogens is 1. The van der Waals surface area contributed by atoms with Crippen LogP contribution in [0.15, 0.2) is 12.3 Å². The summed E-state index contributed by atoms with van der Waals surface area (Å²) in [6, 6.07) is 2.04. The number of hydrogen-bond donors (Lipinski definition) is 1. The third-order valence-corrected chi connectivity index (χ3v) is 2.13. The Morgan fingerprint density at radius 1 is 1.50 bits per heavy atom. The van der Waals surface area contributed by atoms with Gasteiger partial charge in [0.1, 0.15) is 0 Å². The van der Waals surface area contributed by atoms with Gasteiger partial charge in [0.2, 0.25) is 0 Å². The molecule has 0 aliphatic rings. The van der Waals surface area contributed by atoms with Crippen LogP contribution in [-0.4, -0.2) is 16.3 Å². The third kappa shape index (κ3) is 4.63. The molecule has 1 heterocycles. The molecule has 0 atom stereocenters. The summed E-state index contributed by atoms with van der Waals surface area (Å²) in [7, 11) is 1.97. The van der Waals surface area contributed by atoms with Gasteiger partial charge in [-0.3, -0.25) is 4.68 Å². The molecule has 0 fully saturated rings. The molecule has 0 saturated heterocycles. The van der Waals surface area contributed by atoms with Crippen molar-refractivity contribution in [2.24, 2.45) is 13.0 Å². The quantitative estimate of drug-likeness (QED) is 0.765. The van der Waals surface area contributed by atoms with Crippen molar-refractivity contribution in [1.29, 1.82) is 0 Å². The molecule has 0 spiro atoms. The van der Waals surface area contributed by atoms with Gasteiger partial charge in [-0.05, 0) is 24.9 Å². The van der Waals surface area contributed by atoms with E-state index in [1.54, 1.807) is 0 Å². The minimum atomic E-state index is 0. The first-order chi connectivity index (χ1) is 6.20. The zero-order chi connectivity index (χ0) is 9.68. The van der Waals surface area contributed by atoms with Crippen LogP contribution in [0.5, 0.6) is 0 Å². The molecule has 0 aliphatic heterocycles. The fourth-order valence-electron chi connectivity index (χ4n) is 1.18. The molecule has 0 bridgehead atoms. The minimum Gasteiger partial charge on any atom is -0.311 e. The van der Waals surface area contributed by atoms with Crippen molar-refractivity contribution in [2.45, 2.75) is 26.8 Å². The van der Waals surface area contributed by atoms with Crippen molar-refractivity contribution < 1.29 is 0 Å². The van der Waals surface area contributed by atoms with Crippen molar-refractivity contribution in [2.75, 3.05) is 6.54 Å². The molecular weight excluding hydrogens is 198 g/mol. The third-order valence-electron chi connectivity index (χ3n) is 2.13. The van der Waals surface area contributed by atoms with Crippen molar-refractivity contribution in [1.82, 2.24) is 15.1 Å². The molecule has 0 aliphatic carbocycles. The Morgan fingerprint density at radius 3 is 2.71 bits per heavy atom. The van der Waals surface area contributed by atoms with E-state index < -0.39 is 0 Å². The maximum atomic E-state index is 4.11. The van der Waals surface area contributed by atoms with E-state index in [1.807, 2.05) is 24.0 Å². The van der Waals surface area contributed by atoms with Crippen molar-refractivity contribution >= 4 is 12.4 Å². The molecule has 14 heavy (non-hydrogen) atoms. The van der Waals surface area contributed by atoms with Crippen LogP contribution in [-0.2, 0) is 13.6 Å². The van der Waals surface area contributed by atoms with E-state index in [1.165, 1.54) is 12.1 Å². The first-order valence-corrected chi connectivity index (χ1v) is 4.87. The Hall–Kier alpha value is -0.540. The summed E-state index contributed by atoms with van der Waals surface area (Å²) >= 11 is 0. The Morgan fingerprint density at radius 2 is 2.21 bits per heavy atom. The molecule has 0 unspecified atom stereocenters. The molecule has 0 aromatic carbocycles. The van der Waals surface area contributed by atoms with Crippen LogP contribution in [0.25, 0.3) is 0 Å². The summed E-state index contributed by atoms with van der Waals surface area (Å²) < 4.78 is 1.91. The number of rotatable bonds is 5. The topological polar surface area (TPSA) is 29.9 Å². The lowest BCUT2D eigenvalue weighted by atomic mass is 10.1. The van der Waals surface area contributed by atoms with Gasteiger partial charge < -0.3 is 5.32 Å².